The van der Waals surface area contributed by atoms with Crippen LogP contribution in [0, 0.1) is 0 Å². The predicted molar refractivity (Wildman–Crippen MR) is 75.8 cm³/mol. The van der Waals surface area contributed by atoms with Crippen LogP contribution in [0.3, 0.4) is 0 Å². The van der Waals surface area contributed by atoms with Gasteiger partial charge in [0.1, 0.15) is 5.82 Å². The third-order valence-corrected chi connectivity index (χ3v) is 2.96. The highest BCUT2D eigenvalue weighted by Gasteiger charge is 2.10. The van der Waals surface area contributed by atoms with Gasteiger partial charge in [-0.1, -0.05) is 19.8 Å². The lowest BCUT2D eigenvalue weighted by Crippen LogP contribution is -2.31. The molecule has 0 aliphatic carbocycles. The maximum Gasteiger partial charge on any atom is 0.127 e. The Morgan fingerprint density at radius 3 is 2.71 bits per heavy atom. The van der Waals surface area contributed by atoms with Gasteiger partial charge >= 0.3 is 0 Å². The van der Waals surface area contributed by atoms with Crippen LogP contribution in [0.25, 0.3) is 0 Å². The standard InChI is InChI=1S/C14H25N3/c1-5-6-7-10-17(12(2)3)13-8-9-16-14(11-13)15-4/h8-9,11-12H,5-7,10H2,1-4H3,(H,15,16). The Balaban J connectivity index is 2.74. The Morgan fingerprint density at radius 1 is 1.35 bits per heavy atom. The molecule has 0 fully saturated rings. The van der Waals surface area contributed by atoms with Crippen LogP contribution in [0.5, 0.6) is 0 Å². The molecule has 0 aliphatic heterocycles. The van der Waals surface area contributed by atoms with Gasteiger partial charge in [-0.05, 0) is 26.3 Å². The quantitative estimate of drug-likeness (QED) is 0.733. The van der Waals surface area contributed by atoms with E-state index < -0.39 is 0 Å². The second-order valence-corrected chi connectivity index (χ2v) is 4.64. The number of hydrogen-bond acceptors (Lipinski definition) is 3. The van der Waals surface area contributed by atoms with Crippen molar-refractivity contribution in [3.05, 3.63) is 18.3 Å². The summed E-state index contributed by atoms with van der Waals surface area (Å²) in [5.74, 6) is 0.934. The third kappa shape index (κ3) is 4.25. The van der Waals surface area contributed by atoms with E-state index in [1.165, 1.54) is 24.9 Å². The Labute approximate surface area is 105 Å². The summed E-state index contributed by atoms with van der Waals surface area (Å²) >= 11 is 0. The van der Waals surface area contributed by atoms with Crippen molar-refractivity contribution in [3.63, 3.8) is 0 Å². The zero-order chi connectivity index (χ0) is 12.7. The molecule has 17 heavy (non-hydrogen) atoms. The molecule has 0 radical (unpaired) electrons. The summed E-state index contributed by atoms with van der Waals surface area (Å²) < 4.78 is 0. The number of nitrogens with one attached hydrogen (secondary N) is 1. The monoisotopic (exact) mass is 235 g/mol. The molecule has 1 heterocycles. The maximum absolute atomic E-state index is 4.26. The number of nitrogens with zero attached hydrogens (tertiary/aromatic N) is 2. The maximum atomic E-state index is 4.26. The zero-order valence-electron chi connectivity index (χ0n) is 11.5. The van der Waals surface area contributed by atoms with E-state index in [1.54, 1.807) is 0 Å². The van der Waals surface area contributed by atoms with Crippen LogP contribution in [-0.2, 0) is 0 Å². The van der Waals surface area contributed by atoms with Gasteiger partial charge in [-0.25, -0.2) is 4.98 Å². The van der Waals surface area contributed by atoms with Crippen LogP contribution in [-0.4, -0.2) is 24.6 Å². The van der Waals surface area contributed by atoms with Crippen molar-refractivity contribution >= 4 is 11.5 Å². The molecule has 3 nitrogen and oxygen atoms in total. The van der Waals surface area contributed by atoms with Crippen LogP contribution in [0.15, 0.2) is 18.3 Å². The van der Waals surface area contributed by atoms with Gasteiger partial charge in [0, 0.05) is 37.6 Å². The van der Waals surface area contributed by atoms with E-state index in [4.69, 9.17) is 0 Å². The summed E-state index contributed by atoms with van der Waals surface area (Å²) in [5.41, 5.74) is 1.26. The minimum absolute atomic E-state index is 0.527. The molecule has 0 unspecified atom stereocenters. The van der Waals surface area contributed by atoms with E-state index >= 15 is 0 Å². The lowest BCUT2D eigenvalue weighted by molar-refractivity contribution is 0.626. The topological polar surface area (TPSA) is 28.2 Å². The lowest BCUT2D eigenvalue weighted by Gasteiger charge is -2.29. The molecule has 0 spiro atoms. The predicted octanol–water partition coefficient (Wildman–Crippen LogP) is 3.53. The SMILES string of the molecule is CCCCCN(c1ccnc(NC)c1)C(C)C. The summed E-state index contributed by atoms with van der Waals surface area (Å²) in [6.45, 7) is 7.85. The van der Waals surface area contributed by atoms with Gasteiger partial charge in [-0.2, -0.15) is 0 Å². The van der Waals surface area contributed by atoms with Crippen molar-refractivity contribution in [1.82, 2.24) is 4.98 Å². The van der Waals surface area contributed by atoms with Gasteiger partial charge in [0.15, 0.2) is 0 Å². The normalized spacial score (nSPS) is 10.6. The summed E-state index contributed by atoms with van der Waals surface area (Å²) in [4.78, 5) is 6.70. The zero-order valence-corrected chi connectivity index (χ0v) is 11.5. The molecule has 0 saturated carbocycles. The van der Waals surface area contributed by atoms with Crippen LogP contribution in [0.4, 0.5) is 11.5 Å². The number of pyridine rings is 1. The van der Waals surface area contributed by atoms with Crippen LogP contribution >= 0.6 is 0 Å². The first kappa shape index (κ1) is 13.8. The van der Waals surface area contributed by atoms with Gasteiger partial charge in [0.2, 0.25) is 0 Å². The number of unbranched alkanes of at least 4 members (excludes halogenated alkanes) is 2. The fourth-order valence-electron chi connectivity index (χ4n) is 1.95. The summed E-state index contributed by atoms with van der Waals surface area (Å²) in [6.07, 6.45) is 5.69. The molecule has 0 aliphatic rings. The molecule has 3 heteroatoms. The summed E-state index contributed by atoms with van der Waals surface area (Å²) in [6, 6.07) is 4.73. The van der Waals surface area contributed by atoms with Gasteiger partial charge in [-0.15, -0.1) is 0 Å². The Morgan fingerprint density at radius 2 is 2.12 bits per heavy atom. The first-order chi connectivity index (χ1) is 8.19. The van der Waals surface area contributed by atoms with E-state index in [0.717, 1.165) is 12.4 Å². The number of rotatable bonds is 7. The van der Waals surface area contributed by atoms with Gasteiger partial charge < -0.3 is 10.2 Å². The molecule has 0 aromatic carbocycles. The second kappa shape index (κ2) is 7.15. The largest absolute Gasteiger partial charge is 0.373 e. The summed E-state index contributed by atoms with van der Waals surface area (Å²) in [7, 11) is 1.91. The molecule has 0 atom stereocenters. The molecule has 1 aromatic heterocycles. The number of anilines is 2. The van der Waals surface area contributed by atoms with Crippen molar-refractivity contribution in [2.45, 2.75) is 46.1 Å². The van der Waals surface area contributed by atoms with E-state index in [-0.39, 0.29) is 0 Å². The van der Waals surface area contributed by atoms with Gasteiger partial charge in [0.25, 0.3) is 0 Å². The Bertz CT molecular complexity index is 323. The van der Waals surface area contributed by atoms with E-state index in [1.807, 2.05) is 13.2 Å². The molecule has 1 N–H and O–H groups in total. The van der Waals surface area contributed by atoms with E-state index in [9.17, 15) is 0 Å². The minimum atomic E-state index is 0.527. The average Bonchev–Trinajstić information content (AvgIpc) is 2.34. The number of aromatic nitrogens is 1. The molecule has 1 aromatic rings. The number of hydrogen-bond donors (Lipinski definition) is 1. The lowest BCUT2D eigenvalue weighted by atomic mass is 10.2. The molecule has 0 bridgehead atoms. The molecular formula is C14H25N3. The van der Waals surface area contributed by atoms with Gasteiger partial charge in [0.05, 0.1) is 0 Å². The summed E-state index contributed by atoms with van der Waals surface area (Å²) in [5, 5.41) is 3.09. The van der Waals surface area contributed by atoms with Crippen LogP contribution in [0.1, 0.15) is 40.0 Å². The second-order valence-electron chi connectivity index (χ2n) is 4.64. The molecule has 96 valence electrons. The fraction of sp³-hybridized carbons (Fsp3) is 0.643. The highest BCUT2D eigenvalue weighted by molar-refractivity contribution is 5.54. The van der Waals surface area contributed by atoms with Crippen molar-refractivity contribution < 1.29 is 0 Å². The van der Waals surface area contributed by atoms with Crippen molar-refractivity contribution in [3.8, 4) is 0 Å². The Kier molecular flexibility index (Phi) is 5.81. The molecule has 0 saturated heterocycles. The first-order valence-corrected chi connectivity index (χ1v) is 6.59. The molecule has 1 rings (SSSR count). The van der Waals surface area contributed by atoms with Crippen molar-refractivity contribution in [1.29, 1.82) is 0 Å². The third-order valence-electron chi connectivity index (χ3n) is 2.96. The smallest absolute Gasteiger partial charge is 0.127 e. The van der Waals surface area contributed by atoms with Crippen molar-refractivity contribution in [2.75, 3.05) is 23.8 Å². The first-order valence-electron chi connectivity index (χ1n) is 6.59. The molecular weight excluding hydrogens is 210 g/mol. The Hall–Kier alpha value is -1.25. The van der Waals surface area contributed by atoms with E-state index in [2.05, 4.69) is 48.1 Å². The van der Waals surface area contributed by atoms with Gasteiger partial charge in [-0.3, -0.25) is 0 Å². The highest BCUT2D eigenvalue weighted by atomic mass is 15.2. The average molecular weight is 235 g/mol. The highest BCUT2D eigenvalue weighted by Crippen LogP contribution is 2.20. The van der Waals surface area contributed by atoms with Crippen LogP contribution in [0.2, 0.25) is 0 Å². The molecule has 0 amide bonds. The minimum Gasteiger partial charge on any atom is -0.373 e. The van der Waals surface area contributed by atoms with Crippen molar-refractivity contribution in [2.24, 2.45) is 0 Å². The fourth-order valence-corrected chi connectivity index (χ4v) is 1.95. The van der Waals surface area contributed by atoms with E-state index in [0.29, 0.717) is 6.04 Å². The van der Waals surface area contributed by atoms with Crippen LogP contribution < -0.4 is 10.2 Å².